The van der Waals surface area contributed by atoms with Crippen LogP contribution in [0.4, 0.5) is 19.0 Å². The molecule has 4 aliphatic heterocycles. The predicted octanol–water partition coefficient (Wildman–Crippen LogP) is 4.22. The predicted molar refractivity (Wildman–Crippen MR) is 150 cm³/mol. The molecule has 0 spiro atoms. The molecule has 0 aliphatic carbocycles. The van der Waals surface area contributed by atoms with Crippen LogP contribution >= 0.6 is 0 Å². The van der Waals surface area contributed by atoms with Gasteiger partial charge in [0.15, 0.2) is 5.82 Å². The van der Waals surface area contributed by atoms with Crippen LogP contribution in [-0.4, -0.2) is 81.6 Å². The Labute approximate surface area is 239 Å². The Balaban J connectivity index is 1.29. The van der Waals surface area contributed by atoms with Crippen LogP contribution in [0.1, 0.15) is 37.7 Å². The lowest BCUT2D eigenvalue weighted by atomic mass is 9.94. The Morgan fingerprint density at radius 3 is 2.74 bits per heavy atom. The van der Waals surface area contributed by atoms with Gasteiger partial charge >= 0.3 is 6.01 Å². The smallest absolute Gasteiger partial charge is 0.319 e. The summed E-state index contributed by atoms with van der Waals surface area (Å²) in [5, 5.41) is 21.2. The van der Waals surface area contributed by atoms with Crippen LogP contribution in [0.25, 0.3) is 32.9 Å². The van der Waals surface area contributed by atoms with E-state index in [-0.39, 0.29) is 46.9 Å². The zero-order valence-corrected chi connectivity index (χ0v) is 22.8. The third-order valence-corrected chi connectivity index (χ3v) is 9.58. The topological polar surface area (TPSA) is 106 Å². The molecule has 4 fully saturated rings. The molecule has 2 bridgehead atoms. The first kappa shape index (κ1) is 25.7. The molecule has 2 N–H and O–H groups in total. The van der Waals surface area contributed by atoms with Gasteiger partial charge in [0, 0.05) is 60.0 Å². The van der Waals surface area contributed by atoms with Crippen molar-refractivity contribution < 1.29 is 17.9 Å². The van der Waals surface area contributed by atoms with E-state index >= 15 is 8.78 Å². The maximum absolute atomic E-state index is 16.7. The summed E-state index contributed by atoms with van der Waals surface area (Å²) in [4.78, 5) is 13.5. The molecule has 2 unspecified atom stereocenters. The first-order valence-electron chi connectivity index (χ1n) is 14.5. The van der Waals surface area contributed by atoms with Crippen LogP contribution < -0.4 is 15.0 Å². The number of piperazine rings is 1. The van der Waals surface area contributed by atoms with Crippen LogP contribution in [0.2, 0.25) is 0 Å². The van der Waals surface area contributed by atoms with E-state index in [1.54, 1.807) is 6.07 Å². The number of halogens is 3. The lowest BCUT2D eigenvalue weighted by Gasteiger charge is -2.34. The van der Waals surface area contributed by atoms with E-state index in [0.29, 0.717) is 48.2 Å². The number of hydrogen-bond donors (Lipinski definition) is 2. The third-order valence-electron chi connectivity index (χ3n) is 9.58. The number of rotatable bonds is 5. The number of aromatic amines is 1. The summed E-state index contributed by atoms with van der Waals surface area (Å²) in [5.74, 6) is -1.02. The van der Waals surface area contributed by atoms with Gasteiger partial charge in [-0.1, -0.05) is 0 Å². The van der Waals surface area contributed by atoms with Crippen molar-refractivity contribution in [1.29, 1.82) is 5.26 Å². The van der Waals surface area contributed by atoms with Gasteiger partial charge in [0.05, 0.1) is 28.9 Å². The number of benzene rings is 2. The van der Waals surface area contributed by atoms with Crippen LogP contribution in [0.5, 0.6) is 6.01 Å². The van der Waals surface area contributed by atoms with Gasteiger partial charge in [0.1, 0.15) is 29.9 Å². The first-order valence-corrected chi connectivity index (χ1v) is 14.5. The molecule has 4 aromatic rings. The van der Waals surface area contributed by atoms with E-state index in [1.165, 1.54) is 18.3 Å². The Morgan fingerprint density at radius 2 is 1.93 bits per heavy atom. The average Bonchev–Trinajstić information content (AvgIpc) is 3.75. The molecule has 0 saturated carbocycles. The molecular formula is C30H29F3N8O. The van der Waals surface area contributed by atoms with E-state index < -0.39 is 23.3 Å². The van der Waals surface area contributed by atoms with Gasteiger partial charge in [-0.3, -0.25) is 10.00 Å². The molecule has 4 aliphatic rings. The molecule has 4 atom stereocenters. The van der Waals surface area contributed by atoms with E-state index in [1.807, 2.05) is 0 Å². The van der Waals surface area contributed by atoms with Crippen molar-refractivity contribution in [1.82, 2.24) is 30.4 Å². The molecular weight excluding hydrogens is 545 g/mol. The number of anilines is 1. The van der Waals surface area contributed by atoms with Gasteiger partial charge in [0.2, 0.25) is 0 Å². The van der Waals surface area contributed by atoms with E-state index in [4.69, 9.17) is 9.72 Å². The van der Waals surface area contributed by atoms with Crippen molar-refractivity contribution in [3.63, 3.8) is 0 Å². The summed E-state index contributed by atoms with van der Waals surface area (Å²) in [6, 6.07) is 6.92. The lowest BCUT2D eigenvalue weighted by Crippen LogP contribution is -2.51. The molecule has 6 heterocycles. The van der Waals surface area contributed by atoms with Gasteiger partial charge in [-0.2, -0.15) is 20.3 Å². The van der Waals surface area contributed by atoms with Crippen LogP contribution in [0.3, 0.4) is 0 Å². The van der Waals surface area contributed by atoms with Crippen LogP contribution in [-0.2, 0) is 0 Å². The van der Waals surface area contributed by atoms with Crippen molar-refractivity contribution in [2.45, 2.75) is 55.9 Å². The summed E-state index contributed by atoms with van der Waals surface area (Å²) in [7, 11) is 0. The van der Waals surface area contributed by atoms with Gasteiger partial charge in [0.25, 0.3) is 0 Å². The summed E-state index contributed by atoms with van der Waals surface area (Å²) in [6.07, 6.45) is 4.73. The molecule has 42 heavy (non-hydrogen) atoms. The highest BCUT2D eigenvalue weighted by Crippen LogP contribution is 2.42. The molecule has 2 aromatic carbocycles. The Bertz CT molecular complexity index is 1760. The molecule has 2 aromatic heterocycles. The number of hydrogen-bond acceptors (Lipinski definition) is 8. The number of aromatic nitrogens is 4. The molecule has 4 saturated heterocycles. The molecule has 216 valence electrons. The van der Waals surface area contributed by atoms with Gasteiger partial charge in [-0.05, 0) is 50.4 Å². The SMILES string of the molecule is N#Cc1cc2c(N3CC4CCC(C3)N4)nc(OC[C@@]34CCCN3C[C@H](F)C4)nc2c(F)c1-c1c(F)ccc2[nH]ncc12. The molecule has 9 nitrogen and oxygen atoms in total. The average molecular weight is 575 g/mol. The Morgan fingerprint density at radius 1 is 1.10 bits per heavy atom. The second-order valence-corrected chi connectivity index (χ2v) is 12.1. The molecule has 0 amide bonds. The summed E-state index contributed by atoms with van der Waals surface area (Å²) >= 11 is 0. The van der Waals surface area contributed by atoms with E-state index in [2.05, 4.69) is 36.4 Å². The Kier molecular flexibility index (Phi) is 5.84. The van der Waals surface area contributed by atoms with Gasteiger partial charge < -0.3 is 15.0 Å². The summed E-state index contributed by atoms with van der Waals surface area (Å²) < 4.78 is 52.7. The largest absolute Gasteiger partial charge is 0.461 e. The number of H-pyrrole nitrogens is 1. The monoisotopic (exact) mass is 574 g/mol. The highest BCUT2D eigenvalue weighted by atomic mass is 19.1. The molecule has 8 rings (SSSR count). The zero-order valence-electron chi connectivity index (χ0n) is 22.8. The first-order chi connectivity index (χ1) is 20.4. The third kappa shape index (κ3) is 3.94. The van der Waals surface area contributed by atoms with Crippen LogP contribution in [0.15, 0.2) is 24.4 Å². The maximum Gasteiger partial charge on any atom is 0.319 e. The van der Waals surface area contributed by atoms with Crippen LogP contribution in [0, 0.1) is 23.0 Å². The Hall–Kier alpha value is -3.95. The fraction of sp³-hybridized carbons (Fsp3) is 0.467. The number of alkyl halides is 1. The molecule has 12 heteroatoms. The highest BCUT2D eigenvalue weighted by Gasteiger charge is 2.49. The lowest BCUT2D eigenvalue weighted by molar-refractivity contribution is 0.107. The van der Waals surface area contributed by atoms with Crippen molar-refractivity contribution >= 4 is 27.6 Å². The minimum atomic E-state index is -0.914. The maximum atomic E-state index is 16.7. The normalized spacial score (nSPS) is 27.2. The number of nitrogens with one attached hydrogen (secondary N) is 2. The fourth-order valence-electron chi connectivity index (χ4n) is 7.69. The van der Waals surface area contributed by atoms with Crippen molar-refractivity contribution in [2.75, 3.05) is 37.7 Å². The minimum Gasteiger partial charge on any atom is -0.461 e. The quantitative estimate of drug-likeness (QED) is 0.365. The van der Waals surface area contributed by atoms with Gasteiger partial charge in [-0.15, -0.1) is 0 Å². The summed E-state index contributed by atoms with van der Waals surface area (Å²) in [5.41, 5.74) is -0.223. The number of nitriles is 1. The summed E-state index contributed by atoms with van der Waals surface area (Å²) in [6.45, 7) is 2.72. The minimum absolute atomic E-state index is 0.0107. The second-order valence-electron chi connectivity index (χ2n) is 12.1. The number of fused-ring (bicyclic) bond motifs is 5. The van der Waals surface area contributed by atoms with Crippen molar-refractivity contribution in [3.8, 4) is 23.2 Å². The zero-order chi connectivity index (χ0) is 28.6. The standard InChI is InChI=1S/C30H29F3N8O/c31-17-9-30(6-1-7-41(30)12-17)15-42-29-37-27-20(28(38-29)40-13-18-2-3-19(14-40)36-18)8-16(10-34)24(26(27)33)25-21-11-35-39-23(21)5-4-22(25)32/h4-5,8,11,17-19,36H,1-3,6-7,9,12-15H2,(H,35,39)/t17-,18?,19?,30+/m1/s1. The molecule has 0 radical (unpaired) electrons. The number of nitrogens with zero attached hydrogens (tertiary/aromatic N) is 6. The van der Waals surface area contributed by atoms with E-state index in [0.717, 1.165) is 32.2 Å². The fourth-order valence-corrected chi connectivity index (χ4v) is 7.69. The van der Waals surface area contributed by atoms with E-state index in [9.17, 15) is 9.65 Å². The van der Waals surface area contributed by atoms with Crippen molar-refractivity contribution in [3.05, 3.63) is 41.6 Å². The highest BCUT2D eigenvalue weighted by molar-refractivity contribution is 6.01. The second kappa shape index (κ2) is 9.54. The number of ether oxygens (including phenoxy) is 1. The van der Waals surface area contributed by atoms with Gasteiger partial charge in [-0.25, -0.2) is 13.2 Å². The van der Waals surface area contributed by atoms with Crippen molar-refractivity contribution in [2.24, 2.45) is 0 Å².